The largest absolute Gasteiger partial charge is 0.403 e. The van der Waals surface area contributed by atoms with Gasteiger partial charge in [0.1, 0.15) is 0 Å². The Balaban J connectivity index is 1.72. The number of fused-ring (bicyclic) bond motifs is 1. The Morgan fingerprint density at radius 2 is 1.62 bits per heavy atom. The number of nitrogens with zero attached hydrogens (tertiary/aromatic N) is 4. The summed E-state index contributed by atoms with van der Waals surface area (Å²) in [5.41, 5.74) is 2.28. The number of nitrogens with one attached hydrogen (secondary N) is 1. The van der Waals surface area contributed by atoms with Gasteiger partial charge in [0, 0.05) is 14.1 Å². The molecule has 0 aliphatic rings. The van der Waals surface area contributed by atoms with Crippen molar-refractivity contribution in [2.45, 2.75) is 6.42 Å². The predicted octanol–water partition coefficient (Wildman–Crippen LogP) is 0.828. The topological polar surface area (TPSA) is 76.6 Å². The molecule has 0 radical (unpaired) electrons. The zero-order chi connectivity index (χ0) is 18.3. The molecule has 0 unspecified atom stereocenters. The molecule has 0 bridgehead atoms. The van der Waals surface area contributed by atoms with Crippen LogP contribution in [0.15, 0.2) is 64.4 Å². The van der Waals surface area contributed by atoms with Crippen molar-refractivity contribution in [3.63, 3.8) is 0 Å². The Kier molecular flexibility index (Phi) is 3.76. The number of imidazole rings is 1. The number of H-pyrrole nitrogens is 1. The first-order valence-corrected chi connectivity index (χ1v) is 8.25. The fourth-order valence-corrected chi connectivity index (χ4v) is 2.98. The van der Waals surface area contributed by atoms with E-state index in [0.717, 1.165) is 11.0 Å². The van der Waals surface area contributed by atoms with Crippen LogP contribution in [0.3, 0.4) is 0 Å². The van der Waals surface area contributed by atoms with Crippen molar-refractivity contribution in [3.05, 3.63) is 86.8 Å². The summed E-state index contributed by atoms with van der Waals surface area (Å²) in [4.78, 5) is 31.7. The van der Waals surface area contributed by atoms with E-state index in [0.29, 0.717) is 17.1 Å². The SMILES string of the molecule is Cn1c(=O)c2[nH]c(-[n+]3ccc(Cc4ccccc4)cc3)nc2n(C)c1=O. The van der Waals surface area contributed by atoms with Crippen molar-refractivity contribution in [3.8, 4) is 5.95 Å². The first-order valence-electron chi connectivity index (χ1n) is 8.25. The summed E-state index contributed by atoms with van der Waals surface area (Å²) >= 11 is 0. The quantitative estimate of drug-likeness (QED) is 0.557. The van der Waals surface area contributed by atoms with Crippen LogP contribution in [-0.2, 0) is 20.5 Å². The van der Waals surface area contributed by atoms with Crippen molar-refractivity contribution in [2.24, 2.45) is 14.1 Å². The highest BCUT2D eigenvalue weighted by molar-refractivity contribution is 5.70. The third-order valence-corrected chi connectivity index (χ3v) is 4.48. The Morgan fingerprint density at radius 1 is 0.962 bits per heavy atom. The molecule has 0 fully saturated rings. The Labute approximate surface area is 148 Å². The minimum Gasteiger partial charge on any atom is -0.265 e. The van der Waals surface area contributed by atoms with Crippen LogP contribution >= 0.6 is 0 Å². The molecular weight excluding hydrogens is 330 g/mol. The number of pyridine rings is 1. The maximum absolute atomic E-state index is 12.3. The van der Waals surface area contributed by atoms with Crippen LogP contribution in [0.25, 0.3) is 17.1 Å². The van der Waals surface area contributed by atoms with Gasteiger partial charge >= 0.3 is 11.6 Å². The van der Waals surface area contributed by atoms with Gasteiger partial charge in [-0.1, -0.05) is 30.3 Å². The second kappa shape index (κ2) is 6.11. The van der Waals surface area contributed by atoms with Crippen molar-refractivity contribution >= 4 is 11.2 Å². The number of aromatic amines is 1. The highest BCUT2D eigenvalue weighted by atomic mass is 16.2. The van der Waals surface area contributed by atoms with E-state index in [2.05, 4.69) is 22.1 Å². The molecule has 0 amide bonds. The molecule has 3 heterocycles. The molecule has 0 spiro atoms. The summed E-state index contributed by atoms with van der Waals surface area (Å²) in [6.45, 7) is 0. The van der Waals surface area contributed by atoms with E-state index < -0.39 is 5.69 Å². The third-order valence-electron chi connectivity index (χ3n) is 4.48. The summed E-state index contributed by atoms with van der Waals surface area (Å²) in [6.07, 6.45) is 4.62. The zero-order valence-electron chi connectivity index (χ0n) is 14.5. The van der Waals surface area contributed by atoms with E-state index in [1.165, 1.54) is 22.7 Å². The second-order valence-electron chi connectivity index (χ2n) is 6.24. The van der Waals surface area contributed by atoms with Gasteiger partial charge in [-0.2, -0.15) is 0 Å². The van der Waals surface area contributed by atoms with Crippen LogP contribution in [0.4, 0.5) is 0 Å². The maximum atomic E-state index is 12.3. The van der Waals surface area contributed by atoms with Gasteiger partial charge in [-0.25, -0.2) is 14.3 Å². The lowest BCUT2D eigenvalue weighted by Gasteiger charge is -2.02. The Hall–Kier alpha value is -3.48. The van der Waals surface area contributed by atoms with Crippen LogP contribution < -0.4 is 15.8 Å². The average Bonchev–Trinajstić information content (AvgIpc) is 3.12. The molecule has 0 aliphatic heterocycles. The van der Waals surface area contributed by atoms with Gasteiger partial charge in [0.25, 0.3) is 11.2 Å². The number of hydrogen-bond donors (Lipinski definition) is 1. The minimum absolute atomic E-state index is 0.311. The van der Waals surface area contributed by atoms with E-state index in [1.807, 2.05) is 42.7 Å². The number of rotatable bonds is 3. The van der Waals surface area contributed by atoms with Crippen molar-refractivity contribution in [1.82, 2.24) is 19.1 Å². The molecule has 0 saturated carbocycles. The van der Waals surface area contributed by atoms with Gasteiger partial charge in [0.15, 0.2) is 0 Å². The summed E-state index contributed by atoms with van der Waals surface area (Å²) in [5.74, 6) is 0.490. The molecule has 130 valence electrons. The van der Waals surface area contributed by atoms with Gasteiger partial charge in [-0.15, -0.1) is 0 Å². The highest BCUT2D eigenvalue weighted by Crippen LogP contribution is 2.08. The lowest BCUT2D eigenvalue weighted by Crippen LogP contribution is -2.36. The average molecular weight is 348 g/mol. The number of aryl methyl sites for hydroxylation is 1. The molecular formula is C19H18N5O2+. The fraction of sp³-hybridized carbons (Fsp3) is 0.158. The van der Waals surface area contributed by atoms with Crippen LogP contribution in [0.5, 0.6) is 0 Å². The third kappa shape index (κ3) is 2.63. The van der Waals surface area contributed by atoms with E-state index >= 15 is 0 Å². The highest BCUT2D eigenvalue weighted by Gasteiger charge is 2.21. The number of hydrogen-bond acceptors (Lipinski definition) is 3. The van der Waals surface area contributed by atoms with Crippen molar-refractivity contribution in [2.75, 3.05) is 0 Å². The summed E-state index contributed by atoms with van der Waals surface area (Å²) in [7, 11) is 3.05. The molecule has 0 aliphatic carbocycles. The van der Waals surface area contributed by atoms with Crippen LogP contribution in [0.2, 0.25) is 0 Å². The molecule has 0 saturated heterocycles. The molecule has 7 heteroatoms. The Morgan fingerprint density at radius 3 is 2.31 bits per heavy atom. The summed E-state index contributed by atoms with van der Waals surface area (Å²) < 4.78 is 4.22. The van der Waals surface area contributed by atoms with Crippen LogP contribution in [0.1, 0.15) is 11.1 Å². The van der Waals surface area contributed by atoms with Crippen molar-refractivity contribution in [1.29, 1.82) is 0 Å². The molecule has 3 aromatic heterocycles. The standard InChI is InChI=1S/C19H17N5O2/c1-22-16-15(17(25)23(2)19(22)26)20-18(21-16)24-10-8-14(9-11-24)12-13-6-4-3-5-7-13/h3-11H,12H2,1-2H3/p+1. The molecule has 1 N–H and O–H groups in total. The molecule has 26 heavy (non-hydrogen) atoms. The lowest BCUT2D eigenvalue weighted by atomic mass is 10.1. The number of benzene rings is 1. The molecule has 0 atom stereocenters. The van der Waals surface area contributed by atoms with Crippen LogP contribution in [0, 0.1) is 0 Å². The first kappa shape index (κ1) is 16.0. The first-order chi connectivity index (χ1) is 12.5. The van der Waals surface area contributed by atoms with Crippen LogP contribution in [-0.4, -0.2) is 19.1 Å². The lowest BCUT2D eigenvalue weighted by molar-refractivity contribution is -0.603. The van der Waals surface area contributed by atoms with Gasteiger partial charge in [0.05, 0.1) is 12.4 Å². The molecule has 4 aromatic rings. The summed E-state index contributed by atoms with van der Waals surface area (Å²) in [6, 6.07) is 14.3. The monoisotopic (exact) mass is 348 g/mol. The molecule has 1 aromatic carbocycles. The normalized spacial score (nSPS) is 11.2. The van der Waals surface area contributed by atoms with E-state index in [4.69, 9.17) is 0 Å². The van der Waals surface area contributed by atoms with E-state index in [9.17, 15) is 9.59 Å². The molecule has 4 rings (SSSR count). The maximum Gasteiger partial charge on any atom is 0.403 e. The molecule has 7 nitrogen and oxygen atoms in total. The second-order valence-corrected chi connectivity index (χ2v) is 6.24. The van der Waals surface area contributed by atoms with Crippen molar-refractivity contribution < 1.29 is 4.57 Å². The van der Waals surface area contributed by atoms with Gasteiger partial charge in [-0.05, 0) is 34.7 Å². The van der Waals surface area contributed by atoms with E-state index in [1.54, 1.807) is 11.6 Å². The number of aromatic nitrogens is 5. The zero-order valence-corrected chi connectivity index (χ0v) is 14.5. The summed E-state index contributed by atoms with van der Waals surface area (Å²) in [5, 5.41) is 0. The predicted molar refractivity (Wildman–Crippen MR) is 97.4 cm³/mol. The van der Waals surface area contributed by atoms with E-state index in [-0.39, 0.29) is 5.56 Å². The Bertz CT molecular complexity index is 1200. The minimum atomic E-state index is -0.399. The van der Waals surface area contributed by atoms with Gasteiger partial charge in [0.2, 0.25) is 5.52 Å². The van der Waals surface area contributed by atoms with Gasteiger partial charge in [-0.3, -0.25) is 13.9 Å². The fourth-order valence-electron chi connectivity index (χ4n) is 2.98. The smallest absolute Gasteiger partial charge is 0.265 e. The van der Waals surface area contributed by atoms with Gasteiger partial charge < -0.3 is 0 Å².